The molecule has 0 fully saturated rings. The van der Waals surface area contributed by atoms with Crippen LogP contribution in [0.3, 0.4) is 0 Å². The van der Waals surface area contributed by atoms with Crippen molar-refractivity contribution in [1.82, 2.24) is 0 Å². The number of anilines is 1. The molecule has 0 spiro atoms. The highest BCUT2D eigenvalue weighted by atomic mass is 16.5. The highest BCUT2D eigenvalue weighted by Gasteiger charge is 2.24. The Morgan fingerprint density at radius 3 is 2.95 bits per heavy atom. The lowest BCUT2D eigenvalue weighted by Crippen LogP contribution is -2.13. The first-order chi connectivity index (χ1) is 9.78. The third kappa shape index (κ3) is 2.44. The van der Waals surface area contributed by atoms with Crippen LogP contribution in [-0.2, 0) is 6.42 Å². The van der Waals surface area contributed by atoms with Gasteiger partial charge in [-0.1, -0.05) is 31.5 Å². The number of aryl methyl sites for hydroxylation is 1. The van der Waals surface area contributed by atoms with Crippen molar-refractivity contribution >= 4 is 5.69 Å². The molecule has 2 N–H and O–H groups in total. The van der Waals surface area contributed by atoms with Crippen LogP contribution in [0.15, 0.2) is 42.5 Å². The van der Waals surface area contributed by atoms with Crippen molar-refractivity contribution in [3.8, 4) is 11.5 Å². The second kappa shape index (κ2) is 5.45. The summed E-state index contributed by atoms with van der Waals surface area (Å²) in [5.41, 5.74) is 3.61. The monoisotopic (exact) mass is 269 g/mol. The Bertz CT molecular complexity index is 610. The third-order valence-electron chi connectivity index (χ3n) is 3.64. The summed E-state index contributed by atoms with van der Waals surface area (Å²) in [5.74, 6) is 1.02. The minimum absolute atomic E-state index is 0.142. The van der Waals surface area contributed by atoms with E-state index in [1.807, 2.05) is 6.07 Å². The number of benzene rings is 2. The van der Waals surface area contributed by atoms with E-state index < -0.39 is 0 Å². The molecule has 1 heterocycles. The average molecular weight is 269 g/mol. The molecular formula is C17H19NO2. The first-order valence-electron chi connectivity index (χ1n) is 7.08. The molecule has 104 valence electrons. The van der Waals surface area contributed by atoms with E-state index in [0.29, 0.717) is 6.61 Å². The minimum atomic E-state index is 0.142. The fourth-order valence-corrected chi connectivity index (χ4v) is 2.65. The van der Waals surface area contributed by atoms with Crippen LogP contribution in [-0.4, -0.2) is 11.7 Å². The molecule has 3 rings (SSSR count). The van der Waals surface area contributed by atoms with Crippen LogP contribution in [0.4, 0.5) is 5.69 Å². The third-order valence-corrected chi connectivity index (χ3v) is 3.64. The second-order valence-electron chi connectivity index (χ2n) is 5.14. The van der Waals surface area contributed by atoms with Gasteiger partial charge in [-0.3, -0.25) is 0 Å². The number of hydrogen-bond donors (Lipinski definition) is 2. The maximum absolute atomic E-state index is 9.49. The number of fused-ring (bicyclic) bond motifs is 1. The van der Waals surface area contributed by atoms with Gasteiger partial charge in [-0.2, -0.15) is 0 Å². The van der Waals surface area contributed by atoms with E-state index in [9.17, 15) is 5.11 Å². The predicted octanol–water partition coefficient (Wildman–Crippen LogP) is 3.89. The summed E-state index contributed by atoms with van der Waals surface area (Å²) in [7, 11) is 0. The van der Waals surface area contributed by atoms with E-state index in [2.05, 4.69) is 36.5 Å². The van der Waals surface area contributed by atoms with Gasteiger partial charge >= 0.3 is 0 Å². The summed E-state index contributed by atoms with van der Waals surface area (Å²) < 4.78 is 5.64. The lowest BCUT2D eigenvalue weighted by atomic mass is 10.0. The van der Waals surface area contributed by atoms with E-state index in [1.165, 1.54) is 11.3 Å². The predicted molar refractivity (Wildman–Crippen MR) is 80.4 cm³/mol. The first kappa shape index (κ1) is 12.9. The number of para-hydroxylation sites is 1. The largest absolute Gasteiger partial charge is 0.508 e. The number of rotatable bonds is 4. The van der Waals surface area contributed by atoms with Crippen molar-refractivity contribution in [2.45, 2.75) is 25.8 Å². The van der Waals surface area contributed by atoms with Crippen LogP contribution in [0.1, 0.15) is 30.5 Å². The summed E-state index contributed by atoms with van der Waals surface area (Å²) in [6, 6.07) is 13.9. The molecule has 1 aliphatic rings. The zero-order valence-electron chi connectivity index (χ0n) is 11.6. The molecule has 0 amide bonds. The van der Waals surface area contributed by atoms with Gasteiger partial charge in [0.2, 0.25) is 0 Å². The van der Waals surface area contributed by atoms with Crippen molar-refractivity contribution in [1.29, 1.82) is 0 Å². The lowest BCUT2D eigenvalue weighted by molar-refractivity contribution is 0.338. The Hall–Kier alpha value is -2.16. The molecule has 0 saturated carbocycles. The van der Waals surface area contributed by atoms with E-state index in [1.54, 1.807) is 12.1 Å². The highest BCUT2D eigenvalue weighted by molar-refractivity contribution is 5.55. The first-order valence-corrected chi connectivity index (χ1v) is 7.08. The number of ether oxygens (including phenoxy) is 1. The summed E-state index contributed by atoms with van der Waals surface area (Å²) in [4.78, 5) is 0. The van der Waals surface area contributed by atoms with Gasteiger partial charge in [0.15, 0.2) is 0 Å². The molecule has 1 unspecified atom stereocenters. The van der Waals surface area contributed by atoms with Crippen LogP contribution >= 0.6 is 0 Å². The molecule has 0 radical (unpaired) electrons. The van der Waals surface area contributed by atoms with Gasteiger partial charge in [-0.15, -0.1) is 0 Å². The zero-order valence-corrected chi connectivity index (χ0v) is 11.6. The lowest BCUT2D eigenvalue weighted by Gasteiger charge is -2.16. The summed E-state index contributed by atoms with van der Waals surface area (Å²) in [6.07, 6.45) is 2.20. The molecule has 0 aromatic heterocycles. The van der Waals surface area contributed by atoms with E-state index >= 15 is 0 Å². The number of phenolic OH excluding ortho intramolecular Hbond substituents is 1. The number of hydrogen-bond acceptors (Lipinski definition) is 3. The Labute approximate surface area is 119 Å². The molecule has 3 nitrogen and oxygen atoms in total. The number of nitrogens with one attached hydrogen (secondary N) is 1. The Morgan fingerprint density at radius 2 is 2.10 bits per heavy atom. The Kier molecular flexibility index (Phi) is 3.50. The van der Waals surface area contributed by atoms with Crippen molar-refractivity contribution in [2.24, 2.45) is 0 Å². The van der Waals surface area contributed by atoms with Gasteiger partial charge in [0.05, 0.1) is 6.04 Å². The van der Waals surface area contributed by atoms with Crippen LogP contribution in [0, 0.1) is 0 Å². The molecule has 1 atom stereocenters. The van der Waals surface area contributed by atoms with Crippen LogP contribution in [0.2, 0.25) is 0 Å². The maximum atomic E-state index is 9.49. The second-order valence-corrected chi connectivity index (χ2v) is 5.14. The van der Waals surface area contributed by atoms with Gasteiger partial charge in [0.25, 0.3) is 0 Å². The summed E-state index contributed by atoms with van der Waals surface area (Å²) in [6.45, 7) is 2.78. The molecule has 2 aromatic rings. The van der Waals surface area contributed by atoms with E-state index in [-0.39, 0.29) is 11.8 Å². The van der Waals surface area contributed by atoms with Crippen molar-refractivity contribution in [2.75, 3.05) is 11.9 Å². The smallest absolute Gasteiger partial charge is 0.128 e. The van der Waals surface area contributed by atoms with Crippen molar-refractivity contribution < 1.29 is 9.84 Å². The fourth-order valence-electron chi connectivity index (χ4n) is 2.65. The quantitative estimate of drug-likeness (QED) is 0.884. The molecular weight excluding hydrogens is 250 g/mol. The van der Waals surface area contributed by atoms with Crippen molar-refractivity contribution in [3.05, 3.63) is 53.6 Å². The summed E-state index contributed by atoms with van der Waals surface area (Å²) >= 11 is 0. The summed E-state index contributed by atoms with van der Waals surface area (Å²) in [5, 5.41) is 13.0. The zero-order chi connectivity index (χ0) is 13.9. The van der Waals surface area contributed by atoms with E-state index in [4.69, 9.17) is 4.74 Å². The van der Waals surface area contributed by atoms with Gasteiger partial charge in [0, 0.05) is 17.3 Å². The minimum Gasteiger partial charge on any atom is -0.508 e. The van der Waals surface area contributed by atoms with Gasteiger partial charge in [-0.05, 0) is 30.2 Å². The fraction of sp³-hybridized carbons (Fsp3) is 0.294. The van der Waals surface area contributed by atoms with Crippen LogP contribution in [0.25, 0.3) is 0 Å². The molecule has 1 aliphatic heterocycles. The highest BCUT2D eigenvalue weighted by Crippen LogP contribution is 2.37. The Balaban J connectivity index is 1.84. The van der Waals surface area contributed by atoms with E-state index in [0.717, 1.165) is 24.2 Å². The molecule has 0 bridgehead atoms. The number of aromatic hydroxyl groups is 1. The molecule has 0 aliphatic carbocycles. The van der Waals surface area contributed by atoms with Crippen molar-refractivity contribution in [3.63, 3.8) is 0 Å². The van der Waals surface area contributed by atoms with Crippen LogP contribution < -0.4 is 10.1 Å². The Morgan fingerprint density at radius 1 is 1.25 bits per heavy atom. The molecule has 3 heteroatoms. The van der Waals surface area contributed by atoms with Gasteiger partial charge < -0.3 is 15.2 Å². The number of phenols is 1. The standard InChI is InChI=1S/C17H19NO2/c1-2-5-12-6-3-4-7-15(12)18-16-11-20-17-10-13(19)8-9-14(16)17/h3-4,6-10,16,18-19H,2,5,11H2,1H3. The van der Waals surface area contributed by atoms with Gasteiger partial charge in [-0.25, -0.2) is 0 Å². The van der Waals surface area contributed by atoms with Gasteiger partial charge in [0.1, 0.15) is 18.1 Å². The van der Waals surface area contributed by atoms with Crippen LogP contribution in [0.5, 0.6) is 11.5 Å². The average Bonchev–Trinajstić information content (AvgIpc) is 2.83. The molecule has 20 heavy (non-hydrogen) atoms. The normalized spacial score (nSPS) is 16.6. The molecule has 0 saturated heterocycles. The maximum Gasteiger partial charge on any atom is 0.128 e. The topological polar surface area (TPSA) is 41.5 Å². The molecule has 2 aromatic carbocycles. The SMILES string of the molecule is CCCc1ccccc1NC1COc2cc(O)ccc21.